The van der Waals surface area contributed by atoms with Crippen LogP contribution >= 0.6 is 11.6 Å². The van der Waals surface area contributed by atoms with E-state index in [1.54, 1.807) is 0 Å². The molecule has 0 N–H and O–H groups in total. The van der Waals surface area contributed by atoms with Crippen LogP contribution in [0.25, 0.3) is 0 Å². The lowest BCUT2D eigenvalue weighted by Crippen LogP contribution is -2.35. The van der Waals surface area contributed by atoms with Crippen molar-refractivity contribution in [1.82, 2.24) is 0 Å². The number of carbonyl (C=O) groups excluding carboxylic acids is 1. The largest absolute Gasteiger partial charge is 0.458 e. The van der Waals surface area contributed by atoms with Gasteiger partial charge in [-0.25, -0.2) is 4.79 Å². The summed E-state index contributed by atoms with van der Waals surface area (Å²) in [6.07, 6.45) is 2.88. The predicted octanol–water partition coefficient (Wildman–Crippen LogP) is 4.87. The predicted molar refractivity (Wildman–Crippen MR) is 88.7 cm³/mol. The van der Waals surface area contributed by atoms with Crippen LogP contribution in [0.4, 0.5) is 5.69 Å². The number of carbonyl (C=O) groups is 1. The summed E-state index contributed by atoms with van der Waals surface area (Å²) in [5.74, 6) is 0.758. The number of hydrogen-bond donors (Lipinski definition) is 0. The molecule has 1 aromatic rings. The zero-order valence-corrected chi connectivity index (χ0v) is 14.4. The van der Waals surface area contributed by atoms with Crippen LogP contribution in [0.2, 0.25) is 5.02 Å². The quantitative estimate of drug-likeness (QED) is 0.446. The molecule has 0 bridgehead atoms. The van der Waals surface area contributed by atoms with E-state index in [4.69, 9.17) is 16.3 Å². The molecule has 0 spiro atoms. The first kappa shape index (κ1) is 17.7. The second kappa shape index (κ2) is 7.30. The molecule has 1 saturated carbocycles. The van der Waals surface area contributed by atoms with Crippen LogP contribution in [-0.4, -0.2) is 17.0 Å². The second-order valence-corrected chi connectivity index (χ2v) is 7.10. The Bertz CT molecular complexity index is 602. The van der Waals surface area contributed by atoms with Crippen molar-refractivity contribution in [1.29, 1.82) is 0 Å². The first-order chi connectivity index (χ1) is 10.8. The number of rotatable bonds is 4. The molecule has 1 aromatic carbocycles. The summed E-state index contributed by atoms with van der Waals surface area (Å²) in [4.78, 5) is 22.7. The Hall–Kier alpha value is -1.62. The molecule has 3 atom stereocenters. The summed E-state index contributed by atoms with van der Waals surface area (Å²) in [6.45, 7) is 6.42. The van der Waals surface area contributed by atoms with Crippen molar-refractivity contribution in [2.75, 3.05) is 0 Å². The normalized spacial score (nSPS) is 24.5. The molecule has 1 aliphatic carbocycles. The number of hydrogen-bond acceptors (Lipinski definition) is 4. The van der Waals surface area contributed by atoms with Gasteiger partial charge in [0.25, 0.3) is 5.69 Å². The van der Waals surface area contributed by atoms with Gasteiger partial charge >= 0.3 is 5.97 Å². The van der Waals surface area contributed by atoms with Crippen molar-refractivity contribution in [3.63, 3.8) is 0 Å². The van der Waals surface area contributed by atoms with E-state index in [1.165, 1.54) is 18.2 Å². The Morgan fingerprint density at radius 2 is 2.09 bits per heavy atom. The van der Waals surface area contributed by atoms with E-state index in [-0.39, 0.29) is 22.4 Å². The summed E-state index contributed by atoms with van der Waals surface area (Å²) >= 11 is 5.78. The van der Waals surface area contributed by atoms with Crippen LogP contribution in [0, 0.1) is 27.9 Å². The zero-order valence-electron chi connectivity index (χ0n) is 13.6. The van der Waals surface area contributed by atoms with Crippen molar-refractivity contribution in [2.24, 2.45) is 17.8 Å². The Morgan fingerprint density at radius 1 is 1.39 bits per heavy atom. The number of nitro groups is 1. The maximum atomic E-state index is 12.4. The van der Waals surface area contributed by atoms with Gasteiger partial charge in [0.15, 0.2) is 0 Å². The molecule has 1 aliphatic rings. The minimum atomic E-state index is -0.598. The lowest BCUT2D eigenvalue weighted by atomic mass is 9.75. The minimum Gasteiger partial charge on any atom is -0.458 e. The Kier molecular flexibility index (Phi) is 5.63. The highest BCUT2D eigenvalue weighted by atomic mass is 35.5. The third-order valence-corrected chi connectivity index (χ3v) is 4.92. The number of halogens is 1. The van der Waals surface area contributed by atoms with Gasteiger partial charge in [0.2, 0.25) is 0 Å². The summed E-state index contributed by atoms with van der Waals surface area (Å²) in [6, 6.07) is 4.01. The lowest BCUT2D eigenvalue weighted by molar-refractivity contribution is -0.384. The summed E-state index contributed by atoms with van der Waals surface area (Å²) in [7, 11) is 0. The molecule has 0 radical (unpaired) electrons. The molecule has 0 heterocycles. The van der Waals surface area contributed by atoms with Crippen LogP contribution in [0.5, 0.6) is 0 Å². The molecule has 5 nitrogen and oxygen atoms in total. The Labute approximate surface area is 141 Å². The maximum absolute atomic E-state index is 12.4. The molecule has 0 unspecified atom stereocenters. The van der Waals surface area contributed by atoms with Crippen molar-refractivity contribution in [3.05, 3.63) is 38.9 Å². The van der Waals surface area contributed by atoms with Gasteiger partial charge in [-0.3, -0.25) is 10.1 Å². The van der Waals surface area contributed by atoms with Gasteiger partial charge in [-0.05, 0) is 42.7 Å². The molecular formula is C17H22ClNO4. The Morgan fingerprint density at radius 3 is 2.70 bits per heavy atom. The van der Waals surface area contributed by atoms with Crippen LogP contribution in [0.3, 0.4) is 0 Å². The third kappa shape index (κ3) is 4.22. The van der Waals surface area contributed by atoms with Crippen LogP contribution in [0.15, 0.2) is 18.2 Å². The number of esters is 1. The third-order valence-electron chi connectivity index (χ3n) is 4.60. The van der Waals surface area contributed by atoms with Gasteiger partial charge in [0.05, 0.1) is 10.5 Å². The van der Waals surface area contributed by atoms with E-state index < -0.39 is 10.9 Å². The summed E-state index contributed by atoms with van der Waals surface area (Å²) in [5.41, 5.74) is -0.111. The summed E-state index contributed by atoms with van der Waals surface area (Å²) < 4.78 is 5.69. The summed E-state index contributed by atoms with van der Waals surface area (Å²) in [5, 5.41) is 11.0. The SMILES string of the molecule is CC(C)[C@H]1CC[C@@H](C)C[C@@H]1OC(=O)c1ccc(Cl)c([N+](=O)[O-])c1. The highest BCUT2D eigenvalue weighted by molar-refractivity contribution is 6.32. The topological polar surface area (TPSA) is 69.4 Å². The van der Waals surface area contributed by atoms with Gasteiger partial charge in [0.1, 0.15) is 11.1 Å². The van der Waals surface area contributed by atoms with Gasteiger partial charge in [-0.1, -0.05) is 38.8 Å². The van der Waals surface area contributed by atoms with E-state index in [0.29, 0.717) is 17.8 Å². The Balaban J connectivity index is 2.17. The van der Waals surface area contributed by atoms with Gasteiger partial charge in [-0.2, -0.15) is 0 Å². The van der Waals surface area contributed by atoms with E-state index in [0.717, 1.165) is 19.3 Å². The van der Waals surface area contributed by atoms with E-state index in [9.17, 15) is 14.9 Å². The zero-order chi connectivity index (χ0) is 17.1. The number of ether oxygens (including phenoxy) is 1. The fraction of sp³-hybridized carbons (Fsp3) is 0.588. The minimum absolute atomic E-state index is 0.0119. The molecule has 23 heavy (non-hydrogen) atoms. The highest BCUT2D eigenvalue weighted by Gasteiger charge is 2.33. The van der Waals surface area contributed by atoms with E-state index in [2.05, 4.69) is 20.8 Å². The standard InChI is InChI=1S/C17H22ClNO4/c1-10(2)13-6-4-11(3)8-16(13)23-17(20)12-5-7-14(18)15(9-12)19(21)22/h5,7,9-11,13,16H,4,6,8H2,1-3H3/t11-,13-,16+/m1/s1. The van der Waals surface area contributed by atoms with Gasteiger partial charge in [0, 0.05) is 6.07 Å². The van der Waals surface area contributed by atoms with Crippen molar-refractivity contribution >= 4 is 23.3 Å². The lowest BCUT2D eigenvalue weighted by Gasteiger charge is -2.36. The number of nitro benzene ring substituents is 1. The second-order valence-electron chi connectivity index (χ2n) is 6.69. The highest BCUT2D eigenvalue weighted by Crippen LogP contribution is 2.36. The van der Waals surface area contributed by atoms with Crippen molar-refractivity contribution < 1.29 is 14.5 Å². The first-order valence-electron chi connectivity index (χ1n) is 7.94. The fourth-order valence-electron chi connectivity index (χ4n) is 3.24. The molecule has 1 fully saturated rings. The van der Waals surface area contributed by atoms with Crippen LogP contribution < -0.4 is 0 Å². The fourth-order valence-corrected chi connectivity index (χ4v) is 3.42. The van der Waals surface area contributed by atoms with Crippen LogP contribution in [0.1, 0.15) is 50.4 Å². The molecule has 0 aliphatic heterocycles. The molecule has 2 rings (SSSR count). The van der Waals surface area contributed by atoms with E-state index in [1.807, 2.05) is 0 Å². The number of benzene rings is 1. The molecule has 0 aromatic heterocycles. The average molecular weight is 340 g/mol. The molecular weight excluding hydrogens is 318 g/mol. The van der Waals surface area contributed by atoms with Crippen LogP contribution in [-0.2, 0) is 4.74 Å². The molecule has 0 saturated heterocycles. The van der Waals surface area contributed by atoms with Gasteiger partial charge < -0.3 is 4.74 Å². The molecule has 126 valence electrons. The van der Waals surface area contributed by atoms with Crippen molar-refractivity contribution in [3.8, 4) is 0 Å². The smallest absolute Gasteiger partial charge is 0.338 e. The molecule has 0 amide bonds. The first-order valence-corrected chi connectivity index (χ1v) is 8.32. The maximum Gasteiger partial charge on any atom is 0.338 e. The average Bonchev–Trinajstić information content (AvgIpc) is 2.46. The van der Waals surface area contributed by atoms with Gasteiger partial charge in [-0.15, -0.1) is 0 Å². The number of nitrogens with zero attached hydrogens (tertiary/aromatic N) is 1. The monoisotopic (exact) mass is 339 g/mol. The van der Waals surface area contributed by atoms with E-state index >= 15 is 0 Å². The van der Waals surface area contributed by atoms with Crippen molar-refractivity contribution in [2.45, 2.75) is 46.1 Å². The molecule has 6 heteroatoms.